The number of halogens is 1. The Kier molecular flexibility index (Phi) is 4.54. The highest BCUT2D eigenvalue weighted by atomic mass is 19.1. The first-order chi connectivity index (χ1) is 16.5. The number of nitrogens with one attached hydrogen (secondary N) is 1. The highest BCUT2D eigenvalue weighted by Crippen LogP contribution is 2.38. The number of H-pyrrole nitrogens is 1. The number of carbonyl (C=O) groups is 1. The minimum Gasteiger partial charge on any atom is -0.346 e. The van der Waals surface area contributed by atoms with Crippen LogP contribution in [0.2, 0.25) is 0 Å². The van der Waals surface area contributed by atoms with Crippen molar-refractivity contribution in [1.29, 1.82) is 0 Å². The van der Waals surface area contributed by atoms with Gasteiger partial charge in [-0.05, 0) is 38.0 Å². The molecule has 5 aromatic rings. The summed E-state index contributed by atoms with van der Waals surface area (Å²) in [6.45, 7) is 2.16. The second kappa shape index (κ2) is 7.62. The molecule has 1 aliphatic rings. The van der Waals surface area contributed by atoms with Gasteiger partial charge in [-0.25, -0.2) is 18.9 Å². The summed E-state index contributed by atoms with van der Waals surface area (Å²) in [7, 11) is 0. The molecule has 1 aromatic carbocycles. The second-order valence-corrected chi connectivity index (χ2v) is 8.32. The molecule has 1 fully saturated rings. The van der Waals surface area contributed by atoms with Crippen molar-refractivity contribution in [2.24, 2.45) is 0 Å². The summed E-state index contributed by atoms with van der Waals surface area (Å²) in [6, 6.07) is 10.0. The normalized spacial score (nSPS) is 16.1. The van der Waals surface area contributed by atoms with Crippen LogP contribution in [0.25, 0.3) is 22.2 Å². The largest absolute Gasteiger partial charge is 0.346 e. The topological polar surface area (TPSA) is 101 Å². The first-order valence-electron chi connectivity index (χ1n) is 11.0. The van der Waals surface area contributed by atoms with E-state index in [0.29, 0.717) is 46.9 Å². The molecule has 0 amide bonds. The summed E-state index contributed by atoms with van der Waals surface area (Å²) in [6.07, 6.45) is 6.09. The standard InChI is InChI=1S/C24H20FN7O2/c1-14(33)16-12-26-21-19(16)23(28-13-27-21)30-10-5-8-18(30)22-29-31-11-9-17(25)20(31)24(34)32(22)15-6-3-2-4-7-15/h2-4,6-7,9,11-13,18H,5,8,10H2,1H3,(H,26,27,28). The maximum absolute atomic E-state index is 14.5. The lowest BCUT2D eigenvalue weighted by Gasteiger charge is -2.27. The number of carbonyl (C=O) groups excluding carboxylic acids is 1. The fourth-order valence-corrected chi connectivity index (χ4v) is 4.82. The molecule has 6 rings (SSSR count). The second-order valence-electron chi connectivity index (χ2n) is 8.32. The maximum atomic E-state index is 14.5. The van der Waals surface area contributed by atoms with Gasteiger partial charge in [-0.1, -0.05) is 18.2 Å². The number of fused-ring (bicyclic) bond motifs is 2. The van der Waals surface area contributed by atoms with Crippen molar-refractivity contribution in [3.63, 3.8) is 0 Å². The molecule has 5 heterocycles. The lowest BCUT2D eigenvalue weighted by atomic mass is 10.1. The van der Waals surface area contributed by atoms with Crippen LogP contribution in [0.4, 0.5) is 10.2 Å². The molecular weight excluding hydrogens is 437 g/mol. The van der Waals surface area contributed by atoms with Crippen LogP contribution in [-0.2, 0) is 0 Å². The van der Waals surface area contributed by atoms with Crippen LogP contribution in [0.3, 0.4) is 0 Å². The van der Waals surface area contributed by atoms with Crippen molar-refractivity contribution in [3.8, 4) is 5.69 Å². The average molecular weight is 457 g/mol. The number of aromatic nitrogens is 6. The van der Waals surface area contributed by atoms with E-state index in [1.807, 2.05) is 18.2 Å². The summed E-state index contributed by atoms with van der Waals surface area (Å²) >= 11 is 0. The monoisotopic (exact) mass is 457 g/mol. The zero-order valence-corrected chi connectivity index (χ0v) is 18.3. The lowest BCUT2D eigenvalue weighted by molar-refractivity contribution is 0.101. The van der Waals surface area contributed by atoms with E-state index >= 15 is 0 Å². The number of Topliss-reactive ketones (excluding diaryl/α,β-unsaturated/α-hetero) is 1. The molecule has 0 saturated carbocycles. The van der Waals surface area contributed by atoms with Gasteiger partial charge in [-0.3, -0.25) is 14.2 Å². The van der Waals surface area contributed by atoms with Crippen molar-refractivity contribution < 1.29 is 9.18 Å². The Morgan fingerprint density at radius 2 is 2.00 bits per heavy atom. The molecule has 0 bridgehead atoms. The molecule has 1 unspecified atom stereocenters. The number of hydrogen-bond donors (Lipinski definition) is 1. The van der Waals surface area contributed by atoms with Crippen molar-refractivity contribution in [2.45, 2.75) is 25.8 Å². The Bertz CT molecular complexity index is 1620. The first kappa shape index (κ1) is 20.3. The molecule has 1 N–H and O–H groups in total. The fraction of sp³-hybridized carbons (Fsp3) is 0.208. The van der Waals surface area contributed by atoms with Gasteiger partial charge in [0.15, 0.2) is 22.9 Å². The summed E-state index contributed by atoms with van der Waals surface area (Å²) in [5.41, 5.74) is 1.09. The van der Waals surface area contributed by atoms with Gasteiger partial charge in [-0.15, -0.1) is 0 Å². The molecule has 34 heavy (non-hydrogen) atoms. The van der Waals surface area contributed by atoms with Gasteiger partial charge in [0.05, 0.1) is 17.1 Å². The molecule has 1 aliphatic heterocycles. The Hall–Kier alpha value is -4.34. The maximum Gasteiger partial charge on any atom is 0.285 e. The molecule has 1 atom stereocenters. The first-order valence-corrected chi connectivity index (χ1v) is 11.0. The average Bonchev–Trinajstić information content (AvgIpc) is 3.57. The van der Waals surface area contributed by atoms with Crippen LogP contribution in [-0.4, -0.2) is 41.5 Å². The number of ketones is 1. The van der Waals surface area contributed by atoms with E-state index in [1.165, 1.54) is 34.6 Å². The molecular formula is C24H20FN7O2. The van der Waals surface area contributed by atoms with Gasteiger partial charge in [0.2, 0.25) is 0 Å². The Labute approximate surface area is 192 Å². The van der Waals surface area contributed by atoms with E-state index in [-0.39, 0.29) is 17.3 Å². The number of aromatic amines is 1. The predicted octanol–water partition coefficient (Wildman–Crippen LogP) is 3.44. The minimum atomic E-state index is -0.618. The Morgan fingerprint density at radius 3 is 2.79 bits per heavy atom. The number of para-hydroxylation sites is 1. The van der Waals surface area contributed by atoms with Gasteiger partial charge >= 0.3 is 0 Å². The van der Waals surface area contributed by atoms with Crippen LogP contribution in [0, 0.1) is 5.82 Å². The number of rotatable bonds is 4. The van der Waals surface area contributed by atoms with Crippen LogP contribution in [0.1, 0.15) is 42.0 Å². The Balaban J connectivity index is 1.60. The zero-order valence-electron chi connectivity index (χ0n) is 18.3. The van der Waals surface area contributed by atoms with Crippen molar-refractivity contribution >= 4 is 28.2 Å². The molecule has 9 nitrogen and oxygen atoms in total. The quantitative estimate of drug-likeness (QED) is 0.415. The Morgan fingerprint density at radius 1 is 1.18 bits per heavy atom. The summed E-state index contributed by atoms with van der Waals surface area (Å²) in [5, 5.41) is 5.34. The van der Waals surface area contributed by atoms with E-state index in [4.69, 9.17) is 5.10 Å². The number of hydrogen-bond acceptors (Lipinski definition) is 6. The number of nitrogens with zero attached hydrogens (tertiary/aromatic N) is 6. The summed E-state index contributed by atoms with van der Waals surface area (Å²) in [5.74, 6) is 0.365. The predicted molar refractivity (Wildman–Crippen MR) is 124 cm³/mol. The number of anilines is 1. The third-order valence-corrected chi connectivity index (χ3v) is 6.33. The highest BCUT2D eigenvalue weighted by Gasteiger charge is 2.34. The molecule has 10 heteroatoms. The van der Waals surface area contributed by atoms with E-state index in [0.717, 1.165) is 6.42 Å². The van der Waals surface area contributed by atoms with Crippen molar-refractivity contribution in [2.75, 3.05) is 11.4 Å². The van der Waals surface area contributed by atoms with E-state index in [9.17, 15) is 14.0 Å². The van der Waals surface area contributed by atoms with Gasteiger partial charge < -0.3 is 9.88 Å². The van der Waals surface area contributed by atoms with Gasteiger partial charge in [-0.2, -0.15) is 5.10 Å². The van der Waals surface area contributed by atoms with E-state index in [1.54, 1.807) is 18.3 Å². The van der Waals surface area contributed by atoms with Crippen molar-refractivity contribution in [3.05, 3.63) is 82.7 Å². The third kappa shape index (κ3) is 2.95. The summed E-state index contributed by atoms with van der Waals surface area (Å²) < 4.78 is 17.3. The molecule has 0 spiro atoms. The third-order valence-electron chi connectivity index (χ3n) is 6.33. The summed E-state index contributed by atoms with van der Waals surface area (Å²) in [4.78, 5) is 39.7. The van der Waals surface area contributed by atoms with Gasteiger partial charge in [0, 0.05) is 24.5 Å². The molecule has 0 radical (unpaired) electrons. The van der Waals surface area contributed by atoms with Crippen LogP contribution in [0.5, 0.6) is 0 Å². The van der Waals surface area contributed by atoms with Crippen molar-refractivity contribution in [1.82, 2.24) is 29.1 Å². The minimum absolute atomic E-state index is 0.0957. The van der Waals surface area contributed by atoms with Gasteiger partial charge in [0.25, 0.3) is 5.56 Å². The highest BCUT2D eigenvalue weighted by molar-refractivity contribution is 6.09. The lowest BCUT2D eigenvalue weighted by Crippen LogP contribution is -2.33. The number of benzene rings is 1. The molecule has 0 aliphatic carbocycles. The SMILES string of the molecule is CC(=O)c1c[nH]c2ncnc(N3CCCC3c3nn4ccc(F)c4c(=O)n3-c3ccccc3)c12. The zero-order chi connectivity index (χ0) is 23.4. The van der Waals surface area contributed by atoms with E-state index in [2.05, 4.69) is 19.9 Å². The van der Waals surface area contributed by atoms with Crippen LogP contribution < -0.4 is 10.5 Å². The fourth-order valence-electron chi connectivity index (χ4n) is 4.82. The molecule has 4 aromatic heterocycles. The van der Waals surface area contributed by atoms with Crippen LogP contribution >= 0.6 is 0 Å². The van der Waals surface area contributed by atoms with Crippen LogP contribution in [0.15, 0.2) is 59.9 Å². The smallest absolute Gasteiger partial charge is 0.285 e. The molecule has 170 valence electrons. The van der Waals surface area contributed by atoms with Gasteiger partial charge in [0.1, 0.15) is 17.8 Å². The molecule has 1 saturated heterocycles. The van der Waals surface area contributed by atoms with E-state index < -0.39 is 11.4 Å².